The molecule has 0 atom stereocenters. The molecule has 0 radical (unpaired) electrons. The molecule has 3 rings (SSSR count). The third-order valence-corrected chi connectivity index (χ3v) is 2.76. The monoisotopic (exact) mass is 189 g/mol. The molecule has 0 spiro atoms. The molecule has 0 bridgehead atoms. The van der Waals surface area contributed by atoms with E-state index in [1.165, 1.54) is 11.1 Å². The second-order valence-electron chi connectivity index (χ2n) is 3.59. The van der Waals surface area contributed by atoms with Crippen molar-refractivity contribution in [3.63, 3.8) is 0 Å². The maximum atomic E-state index is 5.81. The molecule has 5 heteroatoms. The standard InChI is InChI=1S/C9H11N5/c1-4-5-2-11-3-6(5)7-8(10)13-14-9(7)12-4/h11H,2-3H2,1H3,(H3,10,12,13,14). The van der Waals surface area contributed by atoms with Crippen LogP contribution in [0, 0.1) is 6.92 Å². The van der Waals surface area contributed by atoms with Crippen LogP contribution < -0.4 is 11.1 Å². The van der Waals surface area contributed by atoms with Gasteiger partial charge in [-0.05, 0) is 18.1 Å². The molecule has 0 unspecified atom stereocenters. The summed E-state index contributed by atoms with van der Waals surface area (Å²) in [5, 5.41) is 11.1. The summed E-state index contributed by atoms with van der Waals surface area (Å²) in [7, 11) is 0. The topological polar surface area (TPSA) is 79.6 Å². The summed E-state index contributed by atoms with van der Waals surface area (Å²) in [6.45, 7) is 3.75. The van der Waals surface area contributed by atoms with Gasteiger partial charge >= 0.3 is 0 Å². The SMILES string of the molecule is Cc1nc2n[nH]c(N)c2c2c1CNC2. The molecular formula is C9H11N5. The minimum atomic E-state index is 0.618. The molecule has 72 valence electrons. The van der Waals surface area contributed by atoms with E-state index >= 15 is 0 Å². The van der Waals surface area contributed by atoms with E-state index in [4.69, 9.17) is 5.73 Å². The molecule has 0 amide bonds. The number of nitrogens with two attached hydrogens (primary N) is 1. The number of aromatic nitrogens is 3. The van der Waals surface area contributed by atoms with Gasteiger partial charge in [0.1, 0.15) is 5.82 Å². The van der Waals surface area contributed by atoms with Crippen LogP contribution in [0.25, 0.3) is 11.0 Å². The molecular weight excluding hydrogens is 178 g/mol. The lowest BCUT2D eigenvalue weighted by atomic mass is 10.1. The first-order chi connectivity index (χ1) is 6.77. The zero-order valence-corrected chi connectivity index (χ0v) is 7.89. The van der Waals surface area contributed by atoms with Crippen molar-refractivity contribution in [3.05, 3.63) is 16.8 Å². The average molecular weight is 189 g/mol. The van der Waals surface area contributed by atoms with Crippen LogP contribution in [0.3, 0.4) is 0 Å². The molecule has 0 saturated carbocycles. The van der Waals surface area contributed by atoms with Gasteiger partial charge in [0.25, 0.3) is 0 Å². The first kappa shape index (κ1) is 7.75. The number of hydrogen-bond acceptors (Lipinski definition) is 4. The molecule has 2 aromatic rings. The number of nitrogens with zero attached hydrogens (tertiary/aromatic N) is 2. The highest BCUT2D eigenvalue weighted by Gasteiger charge is 2.20. The molecule has 2 aromatic heterocycles. The number of anilines is 1. The second-order valence-corrected chi connectivity index (χ2v) is 3.59. The first-order valence-electron chi connectivity index (χ1n) is 4.60. The molecule has 4 N–H and O–H groups in total. The van der Waals surface area contributed by atoms with Gasteiger partial charge in [0.05, 0.1) is 5.39 Å². The van der Waals surface area contributed by atoms with E-state index in [2.05, 4.69) is 20.5 Å². The molecule has 0 fully saturated rings. The molecule has 0 aromatic carbocycles. The predicted octanol–water partition coefficient (Wildman–Crippen LogP) is 0.452. The van der Waals surface area contributed by atoms with E-state index < -0.39 is 0 Å². The zero-order valence-electron chi connectivity index (χ0n) is 7.89. The highest BCUT2D eigenvalue weighted by molar-refractivity contribution is 5.90. The van der Waals surface area contributed by atoms with Gasteiger partial charge < -0.3 is 11.1 Å². The van der Waals surface area contributed by atoms with Crippen LogP contribution in [0.1, 0.15) is 16.8 Å². The lowest BCUT2D eigenvalue weighted by Crippen LogP contribution is -2.00. The third-order valence-electron chi connectivity index (χ3n) is 2.76. The lowest BCUT2D eigenvalue weighted by Gasteiger charge is -2.02. The molecule has 1 aliphatic heterocycles. The molecule has 1 aliphatic rings. The normalized spacial score (nSPS) is 14.9. The van der Waals surface area contributed by atoms with Crippen LogP contribution in [0.4, 0.5) is 5.82 Å². The first-order valence-corrected chi connectivity index (χ1v) is 4.60. The van der Waals surface area contributed by atoms with Crippen LogP contribution in [-0.4, -0.2) is 15.2 Å². The van der Waals surface area contributed by atoms with Crippen LogP contribution in [0.5, 0.6) is 0 Å². The number of aromatic amines is 1. The van der Waals surface area contributed by atoms with Crippen molar-refractivity contribution >= 4 is 16.9 Å². The number of hydrogen-bond donors (Lipinski definition) is 3. The summed E-state index contributed by atoms with van der Waals surface area (Å²) < 4.78 is 0. The van der Waals surface area contributed by atoms with Crippen molar-refractivity contribution in [2.75, 3.05) is 5.73 Å². The van der Waals surface area contributed by atoms with Gasteiger partial charge in [-0.2, -0.15) is 5.10 Å². The largest absolute Gasteiger partial charge is 0.384 e. The number of nitrogen functional groups attached to an aromatic ring is 1. The maximum absolute atomic E-state index is 5.81. The summed E-state index contributed by atoms with van der Waals surface area (Å²) >= 11 is 0. The summed E-state index contributed by atoms with van der Waals surface area (Å²) in [6.07, 6.45) is 0. The van der Waals surface area contributed by atoms with Gasteiger partial charge in [0, 0.05) is 18.8 Å². The average Bonchev–Trinajstić information content (AvgIpc) is 2.72. The maximum Gasteiger partial charge on any atom is 0.183 e. The van der Waals surface area contributed by atoms with E-state index in [-0.39, 0.29) is 0 Å². The van der Waals surface area contributed by atoms with E-state index in [1.807, 2.05) is 6.92 Å². The Morgan fingerprint density at radius 1 is 1.29 bits per heavy atom. The third kappa shape index (κ3) is 0.820. The fraction of sp³-hybridized carbons (Fsp3) is 0.333. The van der Waals surface area contributed by atoms with Crippen molar-refractivity contribution in [2.24, 2.45) is 0 Å². The van der Waals surface area contributed by atoms with Gasteiger partial charge in [-0.1, -0.05) is 0 Å². The zero-order chi connectivity index (χ0) is 9.71. The summed E-state index contributed by atoms with van der Waals surface area (Å²) in [5.74, 6) is 0.618. The van der Waals surface area contributed by atoms with Gasteiger partial charge in [-0.3, -0.25) is 5.10 Å². The van der Waals surface area contributed by atoms with Crippen LogP contribution in [0.15, 0.2) is 0 Å². The Morgan fingerprint density at radius 3 is 2.93 bits per heavy atom. The van der Waals surface area contributed by atoms with Crippen LogP contribution >= 0.6 is 0 Å². The minimum Gasteiger partial charge on any atom is -0.384 e. The number of H-pyrrole nitrogens is 1. The van der Waals surface area contributed by atoms with E-state index in [0.717, 1.165) is 29.8 Å². The Morgan fingerprint density at radius 2 is 2.07 bits per heavy atom. The summed E-state index contributed by atoms with van der Waals surface area (Å²) in [6, 6.07) is 0. The van der Waals surface area contributed by atoms with Crippen molar-refractivity contribution < 1.29 is 0 Å². The fourth-order valence-electron chi connectivity index (χ4n) is 2.06. The number of rotatable bonds is 0. The lowest BCUT2D eigenvalue weighted by molar-refractivity contribution is 0.763. The second kappa shape index (κ2) is 2.45. The molecule has 5 nitrogen and oxygen atoms in total. The number of pyridine rings is 1. The Kier molecular flexibility index (Phi) is 1.36. The molecule has 3 heterocycles. The van der Waals surface area contributed by atoms with Crippen molar-refractivity contribution in [1.29, 1.82) is 0 Å². The van der Waals surface area contributed by atoms with E-state index in [1.54, 1.807) is 0 Å². The Balaban J connectivity index is 2.49. The van der Waals surface area contributed by atoms with Crippen molar-refractivity contribution in [1.82, 2.24) is 20.5 Å². The highest BCUT2D eigenvalue weighted by atomic mass is 15.2. The quantitative estimate of drug-likeness (QED) is 0.562. The predicted molar refractivity (Wildman–Crippen MR) is 53.6 cm³/mol. The van der Waals surface area contributed by atoms with Gasteiger partial charge in [-0.15, -0.1) is 0 Å². The van der Waals surface area contributed by atoms with E-state index in [9.17, 15) is 0 Å². The van der Waals surface area contributed by atoms with Crippen LogP contribution in [-0.2, 0) is 13.1 Å². The summed E-state index contributed by atoms with van der Waals surface area (Å²) in [5.41, 5.74) is 10.1. The minimum absolute atomic E-state index is 0.618. The highest BCUT2D eigenvalue weighted by Crippen LogP contribution is 2.28. The number of nitrogens with one attached hydrogen (secondary N) is 2. The summed E-state index contributed by atoms with van der Waals surface area (Å²) in [4.78, 5) is 4.41. The fourth-order valence-corrected chi connectivity index (χ4v) is 2.06. The molecule has 0 saturated heterocycles. The van der Waals surface area contributed by atoms with Gasteiger partial charge in [-0.25, -0.2) is 4.98 Å². The number of aryl methyl sites for hydroxylation is 1. The smallest absolute Gasteiger partial charge is 0.183 e. The van der Waals surface area contributed by atoms with Crippen molar-refractivity contribution in [3.8, 4) is 0 Å². The number of fused-ring (bicyclic) bond motifs is 3. The Bertz CT molecular complexity index is 513. The molecule has 0 aliphatic carbocycles. The van der Waals surface area contributed by atoms with Gasteiger partial charge in [0.15, 0.2) is 5.65 Å². The van der Waals surface area contributed by atoms with E-state index in [0.29, 0.717) is 5.82 Å². The van der Waals surface area contributed by atoms with Crippen molar-refractivity contribution in [2.45, 2.75) is 20.0 Å². The van der Waals surface area contributed by atoms with Crippen LogP contribution in [0.2, 0.25) is 0 Å². The molecule has 14 heavy (non-hydrogen) atoms. The van der Waals surface area contributed by atoms with Gasteiger partial charge in [0.2, 0.25) is 0 Å². The Hall–Kier alpha value is -1.62. The Labute approximate surface area is 80.7 Å².